The number of piperidine rings is 1. The predicted molar refractivity (Wildman–Crippen MR) is 89.5 cm³/mol. The first-order valence-corrected chi connectivity index (χ1v) is 10.4. The second kappa shape index (κ2) is 7.07. The van der Waals surface area contributed by atoms with Crippen LogP contribution in [0.2, 0.25) is 0 Å². The highest BCUT2D eigenvalue weighted by atomic mass is 32.2. The Balaban J connectivity index is 1.64. The SMILES string of the molecule is CN1CCN(S(=O)(=O)[C@H]2CCCN(C(=O)C3CCCC3)C2)CC1. The van der Waals surface area contributed by atoms with Crippen molar-refractivity contribution in [1.29, 1.82) is 0 Å². The molecule has 1 saturated carbocycles. The molecule has 0 aromatic rings. The number of hydrogen-bond acceptors (Lipinski definition) is 4. The van der Waals surface area contributed by atoms with Gasteiger partial charge in [-0.15, -0.1) is 0 Å². The average molecular weight is 343 g/mol. The zero-order valence-corrected chi connectivity index (χ0v) is 14.9. The van der Waals surface area contributed by atoms with Crippen LogP contribution >= 0.6 is 0 Å². The minimum absolute atomic E-state index is 0.139. The fourth-order valence-corrected chi connectivity index (χ4v) is 5.99. The molecular weight excluding hydrogens is 314 g/mol. The zero-order chi connectivity index (χ0) is 16.4. The molecule has 2 saturated heterocycles. The average Bonchev–Trinajstić information content (AvgIpc) is 3.09. The van der Waals surface area contributed by atoms with Gasteiger partial charge in [-0.1, -0.05) is 12.8 Å². The van der Waals surface area contributed by atoms with E-state index in [9.17, 15) is 13.2 Å². The van der Waals surface area contributed by atoms with Crippen molar-refractivity contribution in [2.75, 3.05) is 46.3 Å². The molecule has 2 aliphatic heterocycles. The van der Waals surface area contributed by atoms with Gasteiger partial charge in [0.15, 0.2) is 0 Å². The van der Waals surface area contributed by atoms with E-state index in [2.05, 4.69) is 4.90 Å². The van der Waals surface area contributed by atoms with Crippen LogP contribution in [-0.4, -0.2) is 80.0 Å². The van der Waals surface area contributed by atoms with Crippen LogP contribution in [0, 0.1) is 5.92 Å². The summed E-state index contributed by atoms with van der Waals surface area (Å²) in [5.41, 5.74) is 0. The van der Waals surface area contributed by atoms with Crippen LogP contribution in [0.4, 0.5) is 0 Å². The predicted octanol–water partition coefficient (Wildman–Crippen LogP) is 0.745. The lowest BCUT2D eigenvalue weighted by molar-refractivity contribution is -0.136. The number of hydrogen-bond donors (Lipinski definition) is 0. The zero-order valence-electron chi connectivity index (χ0n) is 14.1. The highest BCUT2D eigenvalue weighted by Crippen LogP contribution is 2.29. The van der Waals surface area contributed by atoms with Crippen molar-refractivity contribution in [2.45, 2.75) is 43.8 Å². The molecule has 1 aliphatic carbocycles. The van der Waals surface area contributed by atoms with Crippen molar-refractivity contribution in [3.8, 4) is 0 Å². The Kier molecular flexibility index (Phi) is 5.28. The molecule has 1 amide bonds. The van der Waals surface area contributed by atoms with Crippen LogP contribution in [0.1, 0.15) is 38.5 Å². The number of carbonyl (C=O) groups excluding carboxylic acids is 1. The topological polar surface area (TPSA) is 60.9 Å². The molecular formula is C16H29N3O3S. The molecule has 0 bridgehead atoms. The van der Waals surface area contributed by atoms with Crippen LogP contribution in [0.5, 0.6) is 0 Å². The summed E-state index contributed by atoms with van der Waals surface area (Å²) in [4.78, 5) is 16.6. The van der Waals surface area contributed by atoms with Gasteiger partial charge in [0, 0.05) is 45.2 Å². The smallest absolute Gasteiger partial charge is 0.225 e. The van der Waals surface area contributed by atoms with Gasteiger partial charge in [-0.2, -0.15) is 4.31 Å². The molecule has 7 heteroatoms. The van der Waals surface area contributed by atoms with Gasteiger partial charge < -0.3 is 9.80 Å². The third-order valence-electron chi connectivity index (χ3n) is 5.64. The van der Waals surface area contributed by atoms with Gasteiger partial charge in [0.1, 0.15) is 0 Å². The fraction of sp³-hybridized carbons (Fsp3) is 0.938. The van der Waals surface area contributed by atoms with Crippen LogP contribution in [0.3, 0.4) is 0 Å². The van der Waals surface area contributed by atoms with Crippen molar-refractivity contribution in [2.24, 2.45) is 5.92 Å². The van der Waals surface area contributed by atoms with Gasteiger partial charge in [-0.05, 0) is 32.7 Å². The molecule has 0 unspecified atom stereocenters. The molecule has 0 N–H and O–H groups in total. The number of carbonyl (C=O) groups is 1. The largest absolute Gasteiger partial charge is 0.341 e. The molecule has 0 aromatic carbocycles. The first kappa shape index (κ1) is 17.2. The molecule has 3 fully saturated rings. The standard InChI is InChI=1S/C16H29N3O3S/c1-17-9-11-19(12-10-17)23(21,22)15-7-4-8-18(13-15)16(20)14-5-2-3-6-14/h14-15H,2-13H2,1H3/t15-/m0/s1. The summed E-state index contributed by atoms with van der Waals surface area (Å²) < 4.78 is 27.5. The molecule has 1 atom stereocenters. The molecule has 3 aliphatic rings. The second-order valence-corrected chi connectivity index (χ2v) is 9.49. The Hall–Kier alpha value is -0.660. The quantitative estimate of drug-likeness (QED) is 0.758. The number of amides is 1. The normalized spacial score (nSPS) is 29.1. The summed E-state index contributed by atoms with van der Waals surface area (Å²) in [6, 6.07) is 0. The van der Waals surface area contributed by atoms with E-state index in [-0.39, 0.29) is 11.8 Å². The lowest BCUT2D eigenvalue weighted by atomic mass is 10.0. The van der Waals surface area contributed by atoms with Crippen molar-refractivity contribution < 1.29 is 13.2 Å². The van der Waals surface area contributed by atoms with E-state index in [1.54, 1.807) is 4.31 Å². The maximum absolute atomic E-state index is 12.9. The van der Waals surface area contributed by atoms with Gasteiger partial charge in [-0.25, -0.2) is 8.42 Å². The summed E-state index contributed by atoms with van der Waals surface area (Å²) in [6.45, 7) is 3.85. The van der Waals surface area contributed by atoms with Crippen LogP contribution in [-0.2, 0) is 14.8 Å². The minimum atomic E-state index is -3.29. The van der Waals surface area contributed by atoms with E-state index >= 15 is 0 Å². The van der Waals surface area contributed by atoms with E-state index < -0.39 is 15.3 Å². The van der Waals surface area contributed by atoms with Crippen molar-refractivity contribution in [3.05, 3.63) is 0 Å². The lowest BCUT2D eigenvalue weighted by Crippen LogP contribution is -2.54. The third-order valence-corrected chi connectivity index (χ3v) is 7.95. The minimum Gasteiger partial charge on any atom is -0.341 e. The first-order chi connectivity index (χ1) is 11.0. The van der Waals surface area contributed by atoms with Crippen LogP contribution in [0.25, 0.3) is 0 Å². The number of sulfonamides is 1. The maximum Gasteiger partial charge on any atom is 0.225 e. The Morgan fingerprint density at radius 3 is 2.22 bits per heavy atom. The highest BCUT2D eigenvalue weighted by Gasteiger charge is 2.39. The Morgan fingerprint density at radius 2 is 1.57 bits per heavy atom. The van der Waals surface area contributed by atoms with E-state index in [0.717, 1.165) is 51.7 Å². The summed E-state index contributed by atoms with van der Waals surface area (Å²) in [5.74, 6) is 0.334. The van der Waals surface area contributed by atoms with Crippen LogP contribution in [0.15, 0.2) is 0 Å². The molecule has 0 aromatic heterocycles. The van der Waals surface area contributed by atoms with Gasteiger partial charge in [0.2, 0.25) is 15.9 Å². The van der Waals surface area contributed by atoms with Gasteiger partial charge in [-0.3, -0.25) is 4.79 Å². The van der Waals surface area contributed by atoms with E-state index in [1.807, 2.05) is 11.9 Å². The molecule has 23 heavy (non-hydrogen) atoms. The highest BCUT2D eigenvalue weighted by molar-refractivity contribution is 7.89. The summed E-state index contributed by atoms with van der Waals surface area (Å²) in [7, 11) is -1.27. The van der Waals surface area contributed by atoms with Crippen LogP contribution < -0.4 is 0 Å². The molecule has 3 rings (SSSR count). The summed E-state index contributed by atoms with van der Waals surface area (Å²) >= 11 is 0. The summed E-state index contributed by atoms with van der Waals surface area (Å²) in [6.07, 6.45) is 5.70. The monoisotopic (exact) mass is 343 g/mol. The summed E-state index contributed by atoms with van der Waals surface area (Å²) in [5, 5.41) is -0.412. The molecule has 0 spiro atoms. The van der Waals surface area contributed by atoms with Crippen molar-refractivity contribution in [3.63, 3.8) is 0 Å². The lowest BCUT2D eigenvalue weighted by Gasteiger charge is -2.38. The number of rotatable bonds is 3. The number of likely N-dealkylation sites (N-methyl/N-ethyl adjacent to an activating group) is 1. The molecule has 132 valence electrons. The fourth-order valence-electron chi connectivity index (χ4n) is 4.07. The second-order valence-electron chi connectivity index (χ2n) is 7.28. The first-order valence-electron chi connectivity index (χ1n) is 8.95. The number of nitrogens with zero attached hydrogens (tertiary/aromatic N) is 3. The van der Waals surface area contributed by atoms with E-state index in [0.29, 0.717) is 26.1 Å². The van der Waals surface area contributed by atoms with Gasteiger partial charge >= 0.3 is 0 Å². The van der Waals surface area contributed by atoms with E-state index in [4.69, 9.17) is 0 Å². The number of likely N-dealkylation sites (tertiary alicyclic amines) is 1. The Morgan fingerprint density at radius 1 is 0.913 bits per heavy atom. The van der Waals surface area contributed by atoms with Crippen molar-refractivity contribution in [1.82, 2.24) is 14.1 Å². The molecule has 0 radical (unpaired) electrons. The Labute approximate surface area is 139 Å². The molecule has 2 heterocycles. The van der Waals surface area contributed by atoms with E-state index in [1.165, 1.54) is 0 Å². The third kappa shape index (κ3) is 3.72. The maximum atomic E-state index is 12.9. The van der Waals surface area contributed by atoms with Gasteiger partial charge in [0.05, 0.1) is 5.25 Å². The number of piperazine rings is 1. The van der Waals surface area contributed by atoms with Crippen molar-refractivity contribution >= 4 is 15.9 Å². The Bertz CT molecular complexity index is 523. The molecule has 6 nitrogen and oxygen atoms in total. The van der Waals surface area contributed by atoms with Gasteiger partial charge in [0.25, 0.3) is 0 Å².